The van der Waals surface area contributed by atoms with Crippen LogP contribution in [-0.4, -0.2) is 41.2 Å². The van der Waals surface area contributed by atoms with Gasteiger partial charge in [0.2, 0.25) is 0 Å². The molecule has 0 aliphatic carbocycles. The average molecular weight is 276 g/mol. The molecule has 0 spiro atoms. The summed E-state index contributed by atoms with van der Waals surface area (Å²) in [4.78, 5) is 11.3. The van der Waals surface area contributed by atoms with Crippen LogP contribution in [0.2, 0.25) is 6.04 Å². The first-order chi connectivity index (χ1) is 8.51. The monoisotopic (exact) mass is 276 g/mol. The molecule has 106 valence electrons. The van der Waals surface area contributed by atoms with E-state index in [2.05, 4.69) is 6.58 Å². The second kappa shape index (κ2) is 9.27. The Bertz CT molecular complexity index is 250. The molecule has 0 amide bonds. The highest BCUT2D eigenvalue weighted by molar-refractivity contribution is 6.60. The van der Waals surface area contributed by atoms with Gasteiger partial charge >= 0.3 is 14.8 Å². The Kier molecular flexibility index (Phi) is 8.91. The molecule has 0 aliphatic rings. The van der Waals surface area contributed by atoms with Gasteiger partial charge in [-0.2, -0.15) is 0 Å². The van der Waals surface area contributed by atoms with Crippen LogP contribution in [0.25, 0.3) is 0 Å². The third kappa shape index (κ3) is 6.30. The van der Waals surface area contributed by atoms with E-state index in [1.54, 1.807) is 6.92 Å². The van der Waals surface area contributed by atoms with Gasteiger partial charge in [-0.1, -0.05) is 6.58 Å². The van der Waals surface area contributed by atoms with Crippen molar-refractivity contribution in [1.29, 1.82) is 0 Å². The maximum Gasteiger partial charge on any atom is 0.504 e. The fraction of sp³-hybridized carbons (Fsp3) is 0.750. The Morgan fingerprint density at radius 3 is 1.83 bits per heavy atom. The van der Waals surface area contributed by atoms with E-state index in [1.165, 1.54) is 0 Å². The molecule has 0 aromatic heterocycles. The molecule has 6 heteroatoms. The molecule has 0 aromatic rings. The number of carbonyl (C=O) groups is 1. The van der Waals surface area contributed by atoms with Crippen molar-refractivity contribution in [2.24, 2.45) is 0 Å². The highest BCUT2D eigenvalue weighted by Gasteiger charge is 2.40. The number of hydrogen-bond donors (Lipinski definition) is 0. The molecule has 0 N–H and O–H groups in total. The lowest BCUT2D eigenvalue weighted by molar-refractivity contribution is -0.138. The third-order valence-corrected chi connectivity index (χ3v) is 5.08. The van der Waals surface area contributed by atoms with E-state index in [9.17, 15) is 4.79 Å². The number of hydrogen-bond acceptors (Lipinski definition) is 5. The van der Waals surface area contributed by atoms with Crippen molar-refractivity contribution in [3.05, 3.63) is 12.2 Å². The quantitative estimate of drug-likeness (QED) is 0.348. The van der Waals surface area contributed by atoms with Crippen LogP contribution < -0.4 is 0 Å². The lowest BCUT2D eigenvalue weighted by Crippen LogP contribution is -2.47. The number of ether oxygens (including phenoxy) is 1. The van der Waals surface area contributed by atoms with E-state index in [1.807, 2.05) is 20.8 Å². The molecule has 0 unspecified atom stereocenters. The van der Waals surface area contributed by atoms with Gasteiger partial charge in [0, 0.05) is 25.4 Å². The topological polar surface area (TPSA) is 54.0 Å². The van der Waals surface area contributed by atoms with Gasteiger partial charge in [0.15, 0.2) is 0 Å². The molecule has 18 heavy (non-hydrogen) atoms. The standard InChI is InChI=1S/C12H24O5Si/c1-6-15-18(16-7-2,17-8-3)10-9-14-12(13)11(4)5/h4,6-10H2,1-3,5H3. The minimum Gasteiger partial charge on any atom is -0.462 e. The van der Waals surface area contributed by atoms with E-state index in [4.69, 9.17) is 18.0 Å². The van der Waals surface area contributed by atoms with Gasteiger partial charge < -0.3 is 18.0 Å². The predicted octanol–water partition coefficient (Wildman–Crippen LogP) is 2.15. The van der Waals surface area contributed by atoms with Crippen LogP contribution in [0.3, 0.4) is 0 Å². The summed E-state index contributed by atoms with van der Waals surface area (Å²) in [7, 11) is -2.70. The molecule has 0 rings (SSSR count). The predicted molar refractivity (Wildman–Crippen MR) is 71.2 cm³/mol. The summed E-state index contributed by atoms with van der Waals surface area (Å²) in [5.41, 5.74) is 0.381. The van der Waals surface area contributed by atoms with Crippen LogP contribution in [0.15, 0.2) is 12.2 Å². The number of rotatable bonds is 10. The first-order valence-corrected chi connectivity index (χ1v) is 8.19. The van der Waals surface area contributed by atoms with E-state index in [-0.39, 0.29) is 6.61 Å². The van der Waals surface area contributed by atoms with Gasteiger partial charge in [-0.3, -0.25) is 0 Å². The third-order valence-electron chi connectivity index (χ3n) is 2.08. The van der Waals surface area contributed by atoms with Crippen molar-refractivity contribution in [3.63, 3.8) is 0 Å². The number of carbonyl (C=O) groups excluding carboxylic acids is 1. The van der Waals surface area contributed by atoms with Crippen molar-refractivity contribution in [3.8, 4) is 0 Å². The Morgan fingerprint density at radius 2 is 1.50 bits per heavy atom. The highest BCUT2D eigenvalue weighted by atomic mass is 28.4. The summed E-state index contributed by atoms with van der Waals surface area (Å²) in [5.74, 6) is -0.401. The maximum absolute atomic E-state index is 11.3. The van der Waals surface area contributed by atoms with E-state index in [0.29, 0.717) is 31.4 Å². The fourth-order valence-electron chi connectivity index (χ4n) is 1.39. The van der Waals surface area contributed by atoms with Crippen LogP contribution in [0, 0.1) is 0 Å². The smallest absolute Gasteiger partial charge is 0.462 e. The normalized spacial score (nSPS) is 11.3. The van der Waals surface area contributed by atoms with E-state index >= 15 is 0 Å². The maximum atomic E-state index is 11.3. The first kappa shape index (κ1) is 17.3. The molecular formula is C12H24O5Si. The molecule has 0 aromatic carbocycles. The second-order valence-electron chi connectivity index (χ2n) is 3.65. The van der Waals surface area contributed by atoms with Crippen LogP contribution in [-0.2, 0) is 22.8 Å². The summed E-state index contributed by atoms with van der Waals surface area (Å²) in [6.07, 6.45) is 0. The molecule has 0 saturated carbocycles. The largest absolute Gasteiger partial charge is 0.504 e. The van der Waals surface area contributed by atoms with Gasteiger partial charge in [0.05, 0.1) is 12.7 Å². The zero-order valence-corrected chi connectivity index (χ0v) is 12.8. The van der Waals surface area contributed by atoms with Crippen molar-refractivity contribution < 1.29 is 22.8 Å². The highest BCUT2D eigenvalue weighted by Crippen LogP contribution is 2.16. The summed E-state index contributed by atoms with van der Waals surface area (Å²) in [6, 6.07) is 0.460. The molecule has 0 saturated heterocycles. The van der Waals surface area contributed by atoms with E-state index < -0.39 is 14.8 Å². The van der Waals surface area contributed by atoms with Gasteiger partial charge in [0.1, 0.15) is 0 Å². The molecule has 0 radical (unpaired) electrons. The lowest BCUT2D eigenvalue weighted by Gasteiger charge is -2.28. The summed E-state index contributed by atoms with van der Waals surface area (Å²) >= 11 is 0. The van der Waals surface area contributed by atoms with Crippen LogP contribution >= 0.6 is 0 Å². The minimum absolute atomic E-state index is 0.220. The lowest BCUT2D eigenvalue weighted by atomic mass is 10.4. The van der Waals surface area contributed by atoms with Gasteiger partial charge in [0.25, 0.3) is 0 Å². The van der Waals surface area contributed by atoms with Crippen molar-refractivity contribution in [2.45, 2.75) is 33.7 Å². The molecular weight excluding hydrogens is 252 g/mol. The molecule has 0 bridgehead atoms. The van der Waals surface area contributed by atoms with Gasteiger partial charge in [-0.25, -0.2) is 4.79 Å². The SMILES string of the molecule is C=C(C)C(=O)OCC[Si](OCC)(OCC)OCC. The first-order valence-electron chi connectivity index (χ1n) is 6.25. The second-order valence-corrected chi connectivity index (χ2v) is 6.38. The molecule has 0 aliphatic heterocycles. The van der Waals surface area contributed by atoms with E-state index in [0.717, 1.165) is 0 Å². The molecule has 0 heterocycles. The van der Waals surface area contributed by atoms with Crippen molar-refractivity contribution >= 4 is 14.8 Å². The zero-order chi connectivity index (χ0) is 14.0. The van der Waals surface area contributed by atoms with Crippen LogP contribution in [0.5, 0.6) is 0 Å². The fourth-order valence-corrected chi connectivity index (χ4v) is 3.75. The molecule has 0 atom stereocenters. The Hall–Kier alpha value is -0.693. The zero-order valence-electron chi connectivity index (χ0n) is 11.8. The van der Waals surface area contributed by atoms with Gasteiger partial charge in [-0.15, -0.1) is 0 Å². The van der Waals surface area contributed by atoms with Crippen molar-refractivity contribution in [2.75, 3.05) is 26.4 Å². The van der Waals surface area contributed by atoms with Crippen molar-refractivity contribution in [1.82, 2.24) is 0 Å². The molecule has 5 nitrogen and oxygen atoms in total. The van der Waals surface area contributed by atoms with Crippen LogP contribution in [0.4, 0.5) is 0 Å². The Morgan fingerprint density at radius 1 is 1.06 bits per heavy atom. The Balaban J connectivity index is 4.37. The Labute approximate surface area is 110 Å². The summed E-state index contributed by atoms with van der Waals surface area (Å²) in [6.45, 7) is 12.6. The summed E-state index contributed by atoms with van der Waals surface area (Å²) < 4.78 is 22.0. The van der Waals surface area contributed by atoms with Gasteiger partial charge in [-0.05, 0) is 27.7 Å². The molecule has 0 fully saturated rings. The summed E-state index contributed by atoms with van der Waals surface area (Å²) in [5, 5.41) is 0. The average Bonchev–Trinajstić information content (AvgIpc) is 2.29. The van der Waals surface area contributed by atoms with Crippen LogP contribution in [0.1, 0.15) is 27.7 Å². The number of esters is 1. The minimum atomic E-state index is -2.70.